The van der Waals surface area contributed by atoms with Crippen molar-refractivity contribution in [3.63, 3.8) is 0 Å². The van der Waals surface area contributed by atoms with Gasteiger partial charge in [-0.15, -0.1) is 13.2 Å². The Bertz CT molecular complexity index is 1210. The van der Waals surface area contributed by atoms with Crippen LogP contribution in [0, 0.1) is 20.8 Å². The number of carbonyl (C=O) groups excluding carboxylic acids is 1. The summed E-state index contributed by atoms with van der Waals surface area (Å²) >= 11 is 6.07. The van der Waals surface area contributed by atoms with Gasteiger partial charge in [0, 0.05) is 32.9 Å². The van der Waals surface area contributed by atoms with Crippen molar-refractivity contribution < 1.29 is 27.4 Å². The molecule has 0 aliphatic carbocycles. The topological polar surface area (TPSA) is 53.4 Å². The predicted molar refractivity (Wildman–Crippen MR) is 121 cm³/mol. The van der Waals surface area contributed by atoms with Gasteiger partial charge in [-0.2, -0.15) is 0 Å². The minimum Gasteiger partial charge on any atom is -0.467 e. The van der Waals surface area contributed by atoms with Crippen molar-refractivity contribution in [2.75, 3.05) is 7.11 Å². The minimum absolute atomic E-state index is 0.0168. The molecule has 0 radical (unpaired) electrons. The lowest BCUT2D eigenvalue weighted by atomic mass is 9.91. The van der Waals surface area contributed by atoms with Crippen LogP contribution in [0.1, 0.15) is 49.4 Å². The summed E-state index contributed by atoms with van der Waals surface area (Å²) in [7, 11) is 1.24. The van der Waals surface area contributed by atoms with Crippen LogP contribution in [0.3, 0.4) is 0 Å². The van der Waals surface area contributed by atoms with Gasteiger partial charge in [-0.05, 0) is 64.8 Å². The SMILES string of the molecule is COC(=O)C(OC(C)(C)C)c1c(C)nc2c(c(C)c(C)n2C(F)(F)F)c1-c1ccc(Cl)cc1. The quantitative estimate of drug-likeness (QED) is 0.384. The third kappa shape index (κ3) is 4.73. The number of hydrogen-bond donors (Lipinski definition) is 0. The van der Waals surface area contributed by atoms with Gasteiger partial charge in [0.15, 0.2) is 6.10 Å². The molecule has 0 fully saturated rings. The number of aromatic nitrogens is 2. The van der Waals surface area contributed by atoms with Crippen molar-refractivity contribution in [1.82, 2.24) is 9.55 Å². The number of esters is 1. The molecule has 1 unspecified atom stereocenters. The number of ether oxygens (including phenoxy) is 2. The molecule has 0 saturated heterocycles. The average molecular weight is 483 g/mol. The summed E-state index contributed by atoms with van der Waals surface area (Å²) < 4.78 is 53.3. The van der Waals surface area contributed by atoms with Gasteiger partial charge >= 0.3 is 12.3 Å². The lowest BCUT2D eigenvalue weighted by Crippen LogP contribution is -2.29. The van der Waals surface area contributed by atoms with E-state index in [0.717, 1.165) is 0 Å². The molecule has 1 aromatic carbocycles. The maximum absolute atomic E-state index is 14.0. The third-order valence-corrected chi connectivity index (χ3v) is 5.66. The standard InChI is InChI=1S/C24H26ClF3N2O3/c1-12-14(3)30(24(26,27)28)21-17(12)19(15-8-10-16(25)11-9-15)18(13(2)29-21)20(22(31)32-7)33-23(4,5)6/h8-11,20H,1-7H3. The van der Waals surface area contributed by atoms with Gasteiger partial charge in [0.25, 0.3) is 0 Å². The fourth-order valence-electron chi connectivity index (χ4n) is 3.96. The molecule has 0 saturated carbocycles. The van der Waals surface area contributed by atoms with E-state index < -0.39 is 24.0 Å². The zero-order valence-corrected chi connectivity index (χ0v) is 20.3. The molecule has 0 spiro atoms. The van der Waals surface area contributed by atoms with Crippen molar-refractivity contribution in [2.45, 2.75) is 59.5 Å². The summed E-state index contributed by atoms with van der Waals surface area (Å²) in [6.07, 6.45) is -5.87. The van der Waals surface area contributed by atoms with E-state index in [2.05, 4.69) is 4.98 Å². The molecule has 0 aliphatic heterocycles. The number of hydrogen-bond acceptors (Lipinski definition) is 4. The molecule has 9 heteroatoms. The Morgan fingerprint density at radius 1 is 1.09 bits per heavy atom. The Hall–Kier alpha value is -2.58. The van der Waals surface area contributed by atoms with Crippen LogP contribution >= 0.6 is 11.6 Å². The molecule has 5 nitrogen and oxygen atoms in total. The van der Waals surface area contributed by atoms with Crippen LogP contribution in [0.15, 0.2) is 24.3 Å². The first kappa shape index (κ1) is 25.1. The number of alkyl halides is 3. The molecule has 0 aliphatic rings. The van der Waals surface area contributed by atoms with Crippen molar-refractivity contribution in [1.29, 1.82) is 0 Å². The van der Waals surface area contributed by atoms with Gasteiger partial charge < -0.3 is 9.47 Å². The Kier molecular flexibility index (Phi) is 6.56. The van der Waals surface area contributed by atoms with E-state index in [4.69, 9.17) is 21.1 Å². The Morgan fingerprint density at radius 2 is 1.67 bits per heavy atom. The fraction of sp³-hybridized carbons (Fsp3) is 0.417. The highest BCUT2D eigenvalue weighted by Gasteiger charge is 2.39. The van der Waals surface area contributed by atoms with Crippen molar-refractivity contribution in [2.24, 2.45) is 0 Å². The predicted octanol–water partition coefficient (Wildman–Crippen LogP) is 6.79. The summed E-state index contributed by atoms with van der Waals surface area (Å²) in [6.45, 7) is 9.91. The molecule has 0 amide bonds. The van der Waals surface area contributed by atoms with E-state index in [1.165, 1.54) is 14.0 Å². The maximum atomic E-state index is 14.0. The number of methoxy groups -OCH3 is 1. The third-order valence-electron chi connectivity index (χ3n) is 5.41. The molecular formula is C24H26ClF3N2O3. The number of carbonyl (C=O) groups is 1. The van der Waals surface area contributed by atoms with Gasteiger partial charge in [0.05, 0.1) is 12.7 Å². The Morgan fingerprint density at radius 3 is 2.15 bits per heavy atom. The molecule has 0 bridgehead atoms. The van der Waals surface area contributed by atoms with E-state index in [1.54, 1.807) is 58.9 Å². The van der Waals surface area contributed by atoms with Gasteiger partial charge in [-0.25, -0.2) is 14.3 Å². The zero-order chi connectivity index (χ0) is 24.9. The molecule has 178 valence electrons. The summed E-state index contributed by atoms with van der Waals surface area (Å²) in [4.78, 5) is 17.2. The van der Waals surface area contributed by atoms with Crippen LogP contribution in [0.5, 0.6) is 0 Å². The maximum Gasteiger partial charge on any atom is 0.490 e. The number of fused-ring (bicyclic) bond motifs is 1. The second-order valence-corrected chi connectivity index (χ2v) is 9.27. The number of nitrogens with zero attached hydrogens (tertiary/aromatic N) is 2. The molecule has 0 N–H and O–H groups in total. The van der Waals surface area contributed by atoms with E-state index >= 15 is 0 Å². The van der Waals surface area contributed by atoms with Crippen LogP contribution in [0.4, 0.5) is 13.2 Å². The van der Waals surface area contributed by atoms with Crippen LogP contribution in [0.2, 0.25) is 5.02 Å². The molecule has 3 rings (SSSR count). The number of benzene rings is 1. The lowest BCUT2D eigenvalue weighted by Gasteiger charge is -2.29. The summed E-state index contributed by atoms with van der Waals surface area (Å²) in [6, 6.07) is 6.68. The van der Waals surface area contributed by atoms with Crippen molar-refractivity contribution in [3.8, 4) is 11.1 Å². The summed E-state index contributed by atoms with van der Waals surface area (Å²) in [5.74, 6) is -0.672. The number of pyridine rings is 1. The number of rotatable bonds is 4. The van der Waals surface area contributed by atoms with Gasteiger partial charge in [-0.1, -0.05) is 23.7 Å². The van der Waals surface area contributed by atoms with Crippen LogP contribution < -0.4 is 0 Å². The molecule has 2 heterocycles. The van der Waals surface area contributed by atoms with E-state index in [9.17, 15) is 18.0 Å². The summed E-state index contributed by atoms with van der Waals surface area (Å²) in [5.41, 5.74) is 1.03. The first-order chi connectivity index (χ1) is 15.2. The fourth-order valence-corrected chi connectivity index (χ4v) is 4.09. The molecule has 1 atom stereocenters. The molecule has 3 aromatic rings. The molecule has 33 heavy (non-hydrogen) atoms. The number of aryl methyl sites for hydroxylation is 2. The zero-order valence-electron chi connectivity index (χ0n) is 19.5. The minimum atomic E-state index is -4.67. The Balaban J connectivity index is 2.54. The first-order valence-corrected chi connectivity index (χ1v) is 10.7. The molecular weight excluding hydrogens is 457 g/mol. The summed E-state index contributed by atoms with van der Waals surface area (Å²) in [5, 5.41) is 0.762. The van der Waals surface area contributed by atoms with Crippen molar-refractivity contribution in [3.05, 3.63) is 51.8 Å². The normalized spacial score (nSPS) is 13.4. The lowest BCUT2D eigenvalue weighted by molar-refractivity contribution is -0.202. The average Bonchev–Trinajstić information content (AvgIpc) is 2.94. The van der Waals surface area contributed by atoms with Crippen LogP contribution in [-0.2, 0) is 20.6 Å². The number of halogens is 4. The first-order valence-electron chi connectivity index (χ1n) is 10.3. The second kappa shape index (κ2) is 8.65. The van der Waals surface area contributed by atoms with Crippen LogP contribution in [-0.4, -0.2) is 28.2 Å². The van der Waals surface area contributed by atoms with E-state index in [0.29, 0.717) is 32.7 Å². The van der Waals surface area contributed by atoms with Gasteiger partial charge in [0.1, 0.15) is 5.65 Å². The van der Waals surface area contributed by atoms with Gasteiger partial charge in [-0.3, -0.25) is 0 Å². The van der Waals surface area contributed by atoms with E-state index in [1.807, 2.05) is 0 Å². The monoisotopic (exact) mass is 482 g/mol. The smallest absolute Gasteiger partial charge is 0.467 e. The highest BCUT2D eigenvalue weighted by Crippen LogP contribution is 2.44. The highest BCUT2D eigenvalue weighted by molar-refractivity contribution is 6.30. The Labute approximate surface area is 195 Å². The van der Waals surface area contributed by atoms with Crippen molar-refractivity contribution >= 4 is 28.6 Å². The molecule has 2 aromatic heterocycles. The van der Waals surface area contributed by atoms with Gasteiger partial charge in [0.2, 0.25) is 0 Å². The second-order valence-electron chi connectivity index (χ2n) is 8.84. The van der Waals surface area contributed by atoms with Crippen LogP contribution in [0.25, 0.3) is 22.2 Å². The van der Waals surface area contributed by atoms with E-state index in [-0.39, 0.29) is 21.6 Å². The highest BCUT2D eigenvalue weighted by atomic mass is 35.5. The largest absolute Gasteiger partial charge is 0.490 e.